The van der Waals surface area contributed by atoms with Gasteiger partial charge in [0.05, 0.1) is 17.4 Å². The number of hydrogen-bond acceptors (Lipinski definition) is 6. The van der Waals surface area contributed by atoms with Crippen molar-refractivity contribution >= 4 is 38.0 Å². The molecule has 0 saturated heterocycles. The van der Waals surface area contributed by atoms with Gasteiger partial charge in [-0.1, -0.05) is 19.3 Å². The standard InChI is InChI=1S/C19H21N3O6S/c1-27-19(24)28-15-10-20-17-16(15)13-9-12(7-8-14(13)21-18(17)23)29(25,26)22-11-5-3-2-4-6-11/h7-11,20,22H,2-6H2,1H3,(H,21,23). The molecule has 1 aromatic carbocycles. The molecule has 154 valence electrons. The molecule has 0 atom stereocenters. The fraction of sp³-hybridized carbons (Fsp3) is 0.368. The van der Waals surface area contributed by atoms with Gasteiger partial charge in [-0.25, -0.2) is 17.9 Å². The van der Waals surface area contributed by atoms with Gasteiger partial charge in [-0.05, 0) is 31.0 Å². The van der Waals surface area contributed by atoms with E-state index in [1.807, 2.05) is 0 Å². The lowest BCUT2D eigenvalue weighted by Gasteiger charge is -2.22. The quantitative estimate of drug-likeness (QED) is 0.558. The predicted octanol–water partition coefficient (Wildman–Crippen LogP) is 2.77. The van der Waals surface area contributed by atoms with Crippen LogP contribution in [0, 0.1) is 0 Å². The van der Waals surface area contributed by atoms with E-state index in [-0.39, 0.29) is 22.2 Å². The highest BCUT2D eigenvalue weighted by Gasteiger charge is 2.23. The van der Waals surface area contributed by atoms with Crippen LogP contribution < -0.4 is 15.0 Å². The number of hydrogen-bond donors (Lipinski definition) is 3. The van der Waals surface area contributed by atoms with E-state index in [1.54, 1.807) is 0 Å². The number of ether oxygens (including phenoxy) is 2. The lowest BCUT2D eigenvalue weighted by molar-refractivity contribution is 0.122. The Morgan fingerprint density at radius 1 is 1.21 bits per heavy atom. The van der Waals surface area contributed by atoms with E-state index in [0.29, 0.717) is 16.3 Å². The van der Waals surface area contributed by atoms with Crippen molar-refractivity contribution in [1.82, 2.24) is 14.7 Å². The number of methoxy groups -OCH3 is 1. The molecule has 0 unspecified atom stereocenters. The van der Waals surface area contributed by atoms with Gasteiger partial charge < -0.3 is 19.4 Å². The van der Waals surface area contributed by atoms with Gasteiger partial charge >= 0.3 is 6.16 Å². The lowest BCUT2D eigenvalue weighted by Crippen LogP contribution is -2.36. The summed E-state index contributed by atoms with van der Waals surface area (Å²) in [5.74, 6) is 0.0812. The summed E-state index contributed by atoms with van der Waals surface area (Å²) in [7, 11) is -2.57. The molecule has 2 heterocycles. The third-order valence-corrected chi connectivity index (χ3v) is 6.70. The number of aromatic nitrogens is 2. The van der Waals surface area contributed by atoms with Crippen LogP contribution in [0.15, 0.2) is 34.1 Å². The summed E-state index contributed by atoms with van der Waals surface area (Å²) in [6, 6.07) is 4.37. The Hall–Kier alpha value is -2.85. The van der Waals surface area contributed by atoms with Crippen LogP contribution >= 0.6 is 0 Å². The second kappa shape index (κ2) is 7.53. The molecule has 0 amide bonds. The molecule has 2 aromatic heterocycles. The molecule has 1 saturated carbocycles. The Kier molecular flexibility index (Phi) is 5.05. The molecular formula is C19H21N3O6S. The van der Waals surface area contributed by atoms with Gasteiger partial charge in [0, 0.05) is 23.1 Å². The number of pyridine rings is 1. The zero-order chi connectivity index (χ0) is 20.6. The van der Waals surface area contributed by atoms with Gasteiger partial charge in [0.25, 0.3) is 5.56 Å². The topological polar surface area (TPSA) is 130 Å². The summed E-state index contributed by atoms with van der Waals surface area (Å²) in [4.78, 5) is 29.4. The zero-order valence-electron chi connectivity index (χ0n) is 15.8. The number of aromatic amines is 2. The van der Waals surface area contributed by atoms with Crippen LogP contribution in [0.5, 0.6) is 5.75 Å². The summed E-state index contributed by atoms with van der Waals surface area (Å²) in [6.07, 6.45) is 5.18. The average molecular weight is 419 g/mol. The smallest absolute Gasteiger partial charge is 0.437 e. The number of H-pyrrole nitrogens is 2. The molecular weight excluding hydrogens is 398 g/mol. The van der Waals surface area contributed by atoms with Crippen molar-refractivity contribution in [3.05, 3.63) is 34.7 Å². The number of fused-ring (bicyclic) bond motifs is 3. The van der Waals surface area contributed by atoms with Crippen LogP contribution in [0.25, 0.3) is 21.8 Å². The number of carbonyl (C=O) groups excluding carboxylic acids is 1. The third-order valence-electron chi connectivity index (χ3n) is 5.18. The molecule has 1 fully saturated rings. The van der Waals surface area contributed by atoms with Crippen LogP contribution in [-0.4, -0.2) is 37.7 Å². The Morgan fingerprint density at radius 2 is 1.97 bits per heavy atom. The molecule has 29 heavy (non-hydrogen) atoms. The normalized spacial score (nSPS) is 15.6. The fourth-order valence-electron chi connectivity index (χ4n) is 3.76. The van der Waals surface area contributed by atoms with E-state index >= 15 is 0 Å². The zero-order valence-corrected chi connectivity index (χ0v) is 16.6. The van der Waals surface area contributed by atoms with Gasteiger partial charge in [0.2, 0.25) is 10.0 Å². The van der Waals surface area contributed by atoms with E-state index in [2.05, 4.69) is 19.4 Å². The van der Waals surface area contributed by atoms with E-state index < -0.39 is 21.7 Å². The summed E-state index contributed by atoms with van der Waals surface area (Å²) in [5.41, 5.74) is 0.183. The highest BCUT2D eigenvalue weighted by atomic mass is 32.2. The third kappa shape index (κ3) is 3.73. The first kappa shape index (κ1) is 19.5. The van der Waals surface area contributed by atoms with E-state index in [1.165, 1.54) is 31.5 Å². The highest BCUT2D eigenvalue weighted by Crippen LogP contribution is 2.32. The summed E-state index contributed by atoms with van der Waals surface area (Å²) in [5, 5.41) is 0.745. The molecule has 1 aliphatic rings. The van der Waals surface area contributed by atoms with Gasteiger partial charge in [-0.2, -0.15) is 0 Å². The minimum atomic E-state index is -3.74. The van der Waals surface area contributed by atoms with Crippen molar-refractivity contribution in [3.8, 4) is 5.75 Å². The van der Waals surface area contributed by atoms with Crippen molar-refractivity contribution in [1.29, 1.82) is 0 Å². The van der Waals surface area contributed by atoms with Gasteiger partial charge in [0.15, 0.2) is 5.75 Å². The molecule has 0 radical (unpaired) electrons. The predicted molar refractivity (Wildman–Crippen MR) is 107 cm³/mol. The van der Waals surface area contributed by atoms with Gasteiger partial charge in [-0.3, -0.25) is 4.79 Å². The number of benzene rings is 1. The number of rotatable bonds is 4. The number of carbonyl (C=O) groups is 1. The first-order chi connectivity index (χ1) is 13.9. The molecule has 9 nitrogen and oxygen atoms in total. The molecule has 3 aromatic rings. The van der Waals surface area contributed by atoms with E-state index in [4.69, 9.17) is 4.74 Å². The molecule has 10 heteroatoms. The first-order valence-corrected chi connectivity index (χ1v) is 10.8. The maximum Gasteiger partial charge on any atom is 0.513 e. The number of nitrogens with one attached hydrogen (secondary N) is 3. The van der Waals surface area contributed by atoms with Crippen molar-refractivity contribution in [3.63, 3.8) is 0 Å². The van der Waals surface area contributed by atoms with Crippen molar-refractivity contribution < 1.29 is 22.7 Å². The molecule has 1 aliphatic carbocycles. The molecule has 0 spiro atoms. The van der Waals surface area contributed by atoms with Crippen LogP contribution in [0.4, 0.5) is 4.79 Å². The monoisotopic (exact) mass is 419 g/mol. The largest absolute Gasteiger partial charge is 0.513 e. The van der Waals surface area contributed by atoms with Crippen LogP contribution in [-0.2, 0) is 14.8 Å². The van der Waals surface area contributed by atoms with Crippen molar-refractivity contribution in [2.24, 2.45) is 0 Å². The fourth-order valence-corrected chi connectivity index (χ4v) is 5.09. The number of sulfonamides is 1. The maximum absolute atomic E-state index is 12.9. The first-order valence-electron chi connectivity index (χ1n) is 9.34. The molecule has 3 N–H and O–H groups in total. The van der Waals surface area contributed by atoms with E-state index in [9.17, 15) is 18.0 Å². The Bertz CT molecular complexity index is 1240. The molecule has 4 rings (SSSR count). The van der Waals surface area contributed by atoms with Crippen LogP contribution in [0.2, 0.25) is 0 Å². The lowest BCUT2D eigenvalue weighted by atomic mass is 9.96. The van der Waals surface area contributed by atoms with Crippen LogP contribution in [0.1, 0.15) is 32.1 Å². The molecule has 0 bridgehead atoms. The second-order valence-corrected chi connectivity index (χ2v) is 8.79. The van der Waals surface area contributed by atoms with E-state index in [0.717, 1.165) is 32.1 Å². The maximum atomic E-state index is 12.9. The van der Waals surface area contributed by atoms with Crippen molar-refractivity contribution in [2.75, 3.05) is 7.11 Å². The summed E-state index contributed by atoms with van der Waals surface area (Å²) >= 11 is 0. The van der Waals surface area contributed by atoms with Crippen molar-refractivity contribution in [2.45, 2.75) is 43.0 Å². The minimum absolute atomic E-state index is 0.0779. The molecule has 0 aliphatic heterocycles. The van der Waals surface area contributed by atoms with Gasteiger partial charge in [-0.15, -0.1) is 0 Å². The Morgan fingerprint density at radius 3 is 2.69 bits per heavy atom. The Labute approximate surface area is 166 Å². The summed E-state index contributed by atoms with van der Waals surface area (Å²) < 4.78 is 38.2. The highest BCUT2D eigenvalue weighted by molar-refractivity contribution is 7.89. The van der Waals surface area contributed by atoms with Crippen LogP contribution in [0.3, 0.4) is 0 Å². The average Bonchev–Trinajstić information content (AvgIpc) is 3.12. The second-order valence-electron chi connectivity index (χ2n) is 7.08. The van der Waals surface area contributed by atoms with Gasteiger partial charge in [0.1, 0.15) is 5.52 Å². The Balaban J connectivity index is 1.82. The SMILES string of the molecule is COC(=O)Oc1c[nH]c2c(=O)[nH]c3ccc(S(=O)(=O)NC4CCCCC4)cc3c12. The summed E-state index contributed by atoms with van der Waals surface area (Å²) in [6.45, 7) is 0. The minimum Gasteiger partial charge on any atom is -0.437 e.